The molecule has 2 rings (SSSR count). The lowest BCUT2D eigenvalue weighted by molar-refractivity contribution is -0.117. The van der Waals surface area contributed by atoms with Gasteiger partial charge in [0.2, 0.25) is 5.91 Å². The molecule has 0 bridgehead atoms. The molecule has 6 heteroatoms. The Labute approximate surface area is 150 Å². The van der Waals surface area contributed by atoms with Crippen LogP contribution in [0.2, 0.25) is 0 Å². The van der Waals surface area contributed by atoms with Crippen molar-refractivity contribution >= 4 is 27.5 Å². The Kier molecular flexibility index (Phi) is 6.63. The largest absolute Gasteiger partial charge is 0.493 e. The molecule has 1 N–H and O–H groups in total. The van der Waals surface area contributed by atoms with E-state index in [-0.39, 0.29) is 5.91 Å². The highest BCUT2D eigenvalue weighted by molar-refractivity contribution is 9.10. The first-order valence-electron chi connectivity index (χ1n) is 7.46. The van der Waals surface area contributed by atoms with Gasteiger partial charge in [-0.3, -0.25) is 9.69 Å². The molecule has 24 heavy (non-hydrogen) atoms. The zero-order chi connectivity index (χ0) is 17.5. The van der Waals surface area contributed by atoms with Gasteiger partial charge < -0.3 is 14.8 Å². The minimum absolute atomic E-state index is 0.0553. The third kappa shape index (κ3) is 5.25. The molecule has 0 aliphatic carbocycles. The Morgan fingerprint density at radius 1 is 1.08 bits per heavy atom. The summed E-state index contributed by atoms with van der Waals surface area (Å²) in [5, 5.41) is 2.88. The van der Waals surface area contributed by atoms with Crippen molar-refractivity contribution in [3.05, 3.63) is 52.5 Å². The fourth-order valence-electron chi connectivity index (χ4n) is 2.33. The second-order valence-corrected chi connectivity index (χ2v) is 6.33. The van der Waals surface area contributed by atoms with Crippen molar-refractivity contribution in [1.29, 1.82) is 0 Å². The molecule has 0 heterocycles. The maximum absolute atomic E-state index is 12.1. The van der Waals surface area contributed by atoms with Crippen molar-refractivity contribution < 1.29 is 14.3 Å². The average molecular weight is 393 g/mol. The Balaban J connectivity index is 1.91. The van der Waals surface area contributed by atoms with Crippen molar-refractivity contribution in [3.8, 4) is 11.5 Å². The Hall–Kier alpha value is -2.05. The van der Waals surface area contributed by atoms with Gasteiger partial charge in [-0.05, 0) is 49.0 Å². The molecule has 0 radical (unpaired) electrons. The minimum Gasteiger partial charge on any atom is -0.493 e. The Bertz CT molecular complexity index is 689. The monoisotopic (exact) mass is 392 g/mol. The molecule has 0 aromatic heterocycles. The van der Waals surface area contributed by atoms with Crippen molar-refractivity contribution in [2.75, 3.05) is 33.1 Å². The fraction of sp³-hybridized carbons (Fsp3) is 0.278. The van der Waals surface area contributed by atoms with E-state index in [0.29, 0.717) is 24.6 Å². The van der Waals surface area contributed by atoms with E-state index in [1.807, 2.05) is 54.4 Å². The summed E-state index contributed by atoms with van der Waals surface area (Å²) >= 11 is 3.37. The van der Waals surface area contributed by atoms with E-state index in [1.165, 1.54) is 0 Å². The number of benzene rings is 2. The lowest BCUT2D eigenvalue weighted by Gasteiger charge is -2.17. The molecule has 0 aliphatic rings. The first-order chi connectivity index (χ1) is 11.5. The highest BCUT2D eigenvalue weighted by atomic mass is 79.9. The van der Waals surface area contributed by atoms with E-state index in [2.05, 4.69) is 21.2 Å². The van der Waals surface area contributed by atoms with Crippen LogP contribution in [0.1, 0.15) is 5.56 Å². The molecule has 0 atom stereocenters. The average Bonchev–Trinajstić information content (AvgIpc) is 2.56. The summed E-state index contributed by atoms with van der Waals surface area (Å²) < 4.78 is 11.5. The lowest BCUT2D eigenvalue weighted by Crippen LogP contribution is -2.29. The maximum Gasteiger partial charge on any atom is 0.238 e. The molecule has 2 aromatic carbocycles. The molecular weight excluding hydrogens is 372 g/mol. The van der Waals surface area contributed by atoms with E-state index in [9.17, 15) is 4.79 Å². The molecule has 0 spiro atoms. The number of anilines is 1. The summed E-state index contributed by atoms with van der Waals surface area (Å²) in [7, 11) is 5.12. The van der Waals surface area contributed by atoms with Crippen LogP contribution >= 0.6 is 15.9 Å². The Morgan fingerprint density at radius 2 is 1.75 bits per heavy atom. The van der Waals surface area contributed by atoms with Crippen LogP contribution in [0.25, 0.3) is 0 Å². The second-order valence-electron chi connectivity index (χ2n) is 5.42. The van der Waals surface area contributed by atoms with Crippen LogP contribution in [-0.2, 0) is 11.3 Å². The molecule has 5 nitrogen and oxygen atoms in total. The van der Waals surface area contributed by atoms with Gasteiger partial charge in [0.25, 0.3) is 0 Å². The number of nitrogens with one attached hydrogen (secondary N) is 1. The van der Waals surface area contributed by atoms with E-state index >= 15 is 0 Å². The van der Waals surface area contributed by atoms with Crippen LogP contribution in [0.5, 0.6) is 11.5 Å². The van der Waals surface area contributed by atoms with Gasteiger partial charge in [-0.2, -0.15) is 0 Å². The first kappa shape index (κ1) is 18.3. The summed E-state index contributed by atoms with van der Waals surface area (Å²) in [4.78, 5) is 14.1. The number of hydrogen-bond acceptors (Lipinski definition) is 4. The number of amides is 1. The van der Waals surface area contributed by atoms with Crippen LogP contribution < -0.4 is 14.8 Å². The smallest absolute Gasteiger partial charge is 0.238 e. The maximum atomic E-state index is 12.1. The SMILES string of the molecule is COc1ccc(CN(C)CC(=O)Nc2ccc(Br)cc2)cc1OC. The van der Waals surface area contributed by atoms with Gasteiger partial charge in [0.15, 0.2) is 11.5 Å². The van der Waals surface area contributed by atoms with Crippen LogP contribution in [-0.4, -0.2) is 38.6 Å². The molecule has 128 valence electrons. The number of rotatable bonds is 7. The van der Waals surface area contributed by atoms with E-state index in [4.69, 9.17) is 9.47 Å². The van der Waals surface area contributed by atoms with Crippen LogP contribution in [0.3, 0.4) is 0 Å². The molecule has 0 saturated carbocycles. The summed E-state index contributed by atoms with van der Waals surface area (Å²) in [5.74, 6) is 1.32. The van der Waals surface area contributed by atoms with Crippen LogP contribution in [0, 0.1) is 0 Å². The molecule has 0 fully saturated rings. The predicted molar refractivity (Wildman–Crippen MR) is 98.7 cm³/mol. The van der Waals surface area contributed by atoms with Gasteiger partial charge in [0.1, 0.15) is 0 Å². The van der Waals surface area contributed by atoms with Crippen molar-refractivity contribution in [3.63, 3.8) is 0 Å². The van der Waals surface area contributed by atoms with Crippen molar-refractivity contribution in [2.45, 2.75) is 6.54 Å². The number of hydrogen-bond donors (Lipinski definition) is 1. The van der Waals surface area contributed by atoms with Gasteiger partial charge in [0.05, 0.1) is 20.8 Å². The number of carbonyl (C=O) groups excluding carboxylic acids is 1. The van der Waals surface area contributed by atoms with Crippen molar-refractivity contribution in [1.82, 2.24) is 4.90 Å². The molecule has 1 amide bonds. The lowest BCUT2D eigenvalue weighted by atomic mass is 10.2. The third-order valence-electron chi connectivity index (χ3n) is 3.44. The van der Waals surface area contributed by atoms with Gasteiger partial charge >= 0.3 is 0 Å². The van der Waals surface area contributed by atoms with E-state index in [0.717, 1.165) is 15.7 Å². The molecule has 0 saturated heterocycles. The van der Waals surface area contributed by atoms with E-state index in [1.54, 1.807) is 14.2 Å². The quantitative estimate of drug-likeness (QED) is 0.782. The summed E-state index contributed by atoms with van der Waals surface area (Å²) in [6.45, 7) is 0.929. The number of carbonyl (C=O) groups is 1. The molecule has 0 unspecified atom stereocenters. The number of methoxy groups -OCH3 is 2. The third-order valence-corrected chi connectivity index (χ3v) is 3.97. The van der Waals surface area contributed by atoms with Gasteiger partial charge in [-0.15, -0.1) is 0 Å². The standard InChI is InChI=1S/C18H21BrN2O3/c1-21(11-13-4-9-16(23-2)17(10-13)24-3)12-18(22)20-15-7-5-14(19)6-8-15/h4-10H,11-12H2,1-3H3,(H,20,22). The summed E-state index contributed by atoms with van der Waals surface area (Å²) in [5.41, 5.74) is 1.83. The van der Waals surface area contributed by atoms with Crippen molar-refractivity contribution in [2.24, 2.45) is 0 Å². The number of likely N-dealkylation sites (N-methyl/N-ethyl adjacent to an activating group) is 1. The topological polar surface area (TPSA) is 50.8 Å². The van der Waals surface area contributed by atoms with Gasteiger partial charge in [0, 0.05) is 16.7 Å². The van der Waals surface area contributed by atoms with E-state index < -0.39 is 0 Å². The van der Waals surface area contributed by atoms with Gasteiger partial charge in [-0.25, -0.2) is 0 Å². The fourth-order valence-corrected chi connectivity index (χ4v) is 2.59. The van der Waals surface area contributed by atoms with Gasteiger partial charge in [-0.1, -0.05) is 22.0 Å². The predicted octanol–water partition coefficient (Wildman–Crippen LogP) is 3.54. The van der Waals surface area contributed by atoms with Crippen LogP contribution in [0.15, 0.2) is 46.9 Å². The first-order valence-corrected chi connectivity index (χ1v) is 8.26. The number of nitrogens with zero attached hydrogens (tertiary/aromatic N) is 1. The second kappa shape index (κ2) is 8.70. The zero-order valence-electron chi connectivity index (χ0n) is 14.0. The minimum atomic E-state index is -0.0553. The normalized spacial score (nSPS) is 10.5. The molecular formula is C18H21BrN2O3. The molecule has 2 aromatic rings. The highest BCUT2D eigenvalue weighted by Crippen LogP contribution is 2.27. The zero-order valence-corrected chi connectivity index (χ0v) is 15.6. The van der Waals surface area contributed by atoms with Crippen LogP contribution in [0.4, 0.5) is 5.69 Å². The summed E-state index contributed by atoms with van der Waals surface area (Å²) in [6, 6.07) is 13.2. The Morgan fingerprint density at radius 3 is 2.38 bits per heavy atom. The number of ether oxygens (including phenoxy) is 2. The molecule has 0 aliphatic heterocycles. The number of halogens is 1. The highest BCUT2D eigenvalue weighted by Gasteiger charge is 2.10. The summed E-state index contributed by atoms with van der Waals surface area (Å²) in [6.07, 6.45) is 0.